The molecule has 0 atom stereocenters. The first-order valence-electron chi connectivity index (χ1n) is 8.11. The third kappa shape index (κ3) is 6.10. The summed E-state index contributed by atoms with van der Waals surface area (Å²) in [5.74, 6) is 1.67. The Hall–Kier alpha value is -2.24. The third-order valence-corrected chi connectivity index (χ3v) is 3.55. The molecule has 0 saturated carbocycles. The minimum atomic E-state index is -0.373. The van der Waals surface area contributed by atoms with Crippen LogP contribution in [-0.2, 0) is 11.3 Å². The van der Waals surface area contributed by atoms with Gasteiger partial charge in [-0.25, -0.2) is 0 Å². The summed E-state index contributed by atoms with van der Waals surface area (Å²) < 4.78 is 5.38. The maximum Gasteiger partial charge on any atom is 0.225 e. The van der Waals surface area contributed by atoms with Crippen LogP contribution in [0.2, 0.25) is 0 Å². The van der Waals surface area contributed by atoms with Gasteiger partial charge in [0.05, 0.1) is 7.11 Å². The van der Waals surface area contributed by atoms with Crippen molar-refractivity contribution in [1.29, 1.82) is 0 Å². The molecule has 134 valence electrons. The average molecular weight is 334 g/mol. The highest BCUT2D eigenvalue weighted by atomic mass is 16.5. The normalized spacial score (nSPS) is 11.8. The van der Waals surface area contributed by atoms with Crippen molar-refractivity contribution in [3.63, 3.8) is 0 Å². The van der Waals surface area contributed by atoms with Crippen molar-refractivity contribution in [3.8, 4) is 5.75 Å². The predicted molar refractivity (Wildman–Crippen MR) is 98.3 cm³/mol. The smallest absolute Gasteiger partial charge is 0.225 e. The van der Waals surface area contributed by atoms with E-state index in [1.54, 1.807) is 14.2 Å². The van der Waals surface area contributed by atoms with Crippen LogP contribution in [0.25, 0.3) is 0 Å². The fraction of sp³-hybridized carbons (Fsp3) is 0.556. The standard InChI is InChI=1S/C18H30N4O2/c1-18(2,3)16(23)20-11-12-21-17(19-4)22(5)13-14-9-7-8-10-15(14)24-6/h7-10H,11-13H2,1-6H3,(H,19,21)(H,20,23). The SMILES string of the molecule is CN=C(NCCNC(=O)C(C)(C)C)N(C)Cc1ccccc1OC. The van der Waals surface area contributed by atoms with Gasteiger partial charge in [-0.3, -0.25) is 9.79 Å². The lowest BCUT2D eigenvalue weighted by Gasteiger charge is -2.23. The zero-order valence-corrected chi connectivity index (χ0v) is 15.6. The predicted octanol–water partition coefficient (Wildman–Crippen LogP) is 1.86. The lowest BCUT2D eigenvalue weighted by atomic mass is 9.96. The highest BCUT2D eigenvalue weighted by molar-refractivity contribution is 5.81. The lowest BCUT2D eigenvalue weighted by Crippen LogP contribution is -2.43. The van der Waals surface area contributed by atoms with Gasteiger partial charge >= 0.3 is 0 Å². The molecule has 6 nitrogen and oxygen atoms in total. The maximum atomic E-state index is 11.8. The molecule has 0 spiro atoms. The Morgan fingerprint density at radius 1 is 1.21 bits per heavy atom. The van der Waals surface area contributed by atoms with Crippen LogP contribution in [0.4, 0.5) is 0 Å². The molecule has 0 bridgehead atoms. The Morgan fingerprint density at radius 3 is 2.42 bits per heavy atom. The zero-order chi connectivity index (χ0) is 18.2. The molecule has 0 aromatic heterocycles. The first kappa shape index (κ1) is 19.8. The Bertz CT molecular complexity index is 564. The van der Waals surface area contributed by atoms with E-state index in [1.807, 2.05) is 57.0 Å². The van der Waals surface area contributed by atoms with Gasteiger partial charge in [-0.1, -0.05) is 39.0 Å². The number of ether oxygens (including phenoxy) is 1. The molecule has 0 unspecified atom stereocenters. The molecular weight excluding hydrogens is 304 g/mol. The first-order valence-corrected chi connectivity index (χ1v) is 8.11. The van der Waals surface area contributed by atoms with Crippen LogP contribution in [-0.4, -0.2) is 51.1 Å². The second-order valence-corrected chi connectivity index (χ2v) is 6.65. The number of benzene rings is 1. The largest absolute Gasteiger partial charge is 0.496 e. The van der Waals surface area contributed by atoms with E-state index in [0.717, 1.165) is 17.3 Å². The maximum absolute atomic E-state index is 11.8. The molecule has 0 saturated heterocycles. The van der Waals surface area contributed by atoms with Gasteiger partial charge in [0.25, 0.3) is 0 Å². The van der Waals surface area contributed by atoms with Crippen molar-refractivity contribution < 1.29 is 9.53 Å². The van der Waals surface area contributed by atoms with E-state index >= 15 is 0 Å². The van der Waals surface area contributed by atoms with Crippen LogP contribution in [0.5, 0.6) is 5.75 Å². The molecule has 0 fully saturated rings. The molecule has 2 N–H and O–H groups in total. The monoisotopic (exact) mass is 334 g/mol. The zero-order valence-electron chi connectivity index (χ0n) is 15.6. The van der Waals surface area contributed by atoms with Crippen molar-refractivity contribution in [3.05, 3.63) is 29.8 Å². The molecule has 0 aliphatic rings. The van der Waals surface area contributed by atoms with Crippen molar-refractivity contribution >= 4 is 11.9 Å². The number of methoxy groups -OCH3 is 1. The van der Waals surface area contributed by atoms with Crippen LogP contribution in [0.15, 0.2) is 29.3 Å². The van der Waals surface area contributed by atoms with Gasteiger partial charge in [0.2, 0.25) is 5.91 Å². The Balaban J connectivity index is 2.50. The number of guanidine groups is 1. The lowest BCUT2D eigenvalue weighted by molar-refractivity contribution is -0.128. The van der Waals surface area contributed by atoms with Crippen LogP contribution in [0.3, 0.4) is 0 Å². The Kier molecular flexibility index (Phi) is 7.55. The van der Waals surface area contributed by atoms with Gasteiger partial charge in [0.1, 0.15) is 5.75 Å². The quantitative estimate of drug-likeness (QED) is 0.473. The van der Waals surface area contributed by atoms with E-state index in [4.69, 9.17) is 4.74 Å². The minimum Gasteiger partial charge on any atom is -0.496 e. The molecule has 0 aliphatic heterocycles. The summed E-state index contributed by atoms with van der Waals surface area (Å²) in [5.41, 5.74) is 0.717. The summed E-state index contributed by atoms with van der Waals surface area (Å²) in [5, 5.41) is 6.17. The number of carbonyl (C=O) groups is 1. The molecule has 0 heterocycles. The highest BCUT2D eigenvalue weighted by Gasteiger charge is 2.20. The van der Waals surface area contributed by atoms with E-state index in [9.17, 15) is 4.79 Å². The van der Waals surface area contributed by atoms with Crippen molar-refractivity contribution in [2.75, 3.05) is 34.3 Å². The fourth-order valence-electron chi connectivity index (χ4n) is 2.16. The number of aliphatic imine (C=N–C) groups is 1. The van der Waals surface area contributed by atoms with Crippen molar-refractivity contribution in [1.82, 2.24) is 15.5 Å². The molecule has 0 radical (unpaired) electrons. The average Bonchev–Trinajstić information content (AvgIpc) is 2.54. The number of carbonyl (C=O) groups excluding carboxylic acids is 1. The van der Waals surface area contributed by atoms with Crippen LogP contribution < -0.4 is 15.4 Å². The number of hydrogen-bond acceptors (Lipinski definition) is 3. The van der Waals surface area contributed by atoms with Crippen molar-refractivity contribution in [2.45, 2.75) is 27.3 Å². The summed E-state index contributed by atoms with van der Waals surface area (Å²) in [7, 11) is 5.38. The summed E-state index contributed by atoms with van der Waals surface area (Å²) in [6.45, 7) is 7.54. The number of rotatable bonds is 6. The van der Waals surface area contributed by atoms with Gasteiger partial charge in [0, 0.05) is 44.7 Å². The molecule has 1 aromatic rings. The van der Waals surface area contributed by atoms with Gasteiger partial charge < -0.3 is 20.3 Å². The minimum absolute atomic E-state index is 0.0432. The van der Waals surface area contributed by atoms with Gasteiger partial charge in [-0.05, 0) is 6.07 Å². The van der Waals surface area contributed by atoms with Gasteiger partial charge in [-0.2, -0.15) is 0 Å². The van der Waals surface area contributed by atoms with E-state index in [-0.39, 0.29) is 11.3 Å². The van der Waals surface area contributed by atoms with Crippen LogP contribution in [0.1, 0.15) is 26.3 Å². The van der Waals surface area contributed by atoms with Crippen LogP contribution in [0, 0.1) is 5.41 Å². The van der Waals surface area contributed by atoms with E-state index < -0.39 is 0 Å². The first-order chi connectivity index (χ1) is 11.3. The Labute approximate surface area is 145 Å². The molecule has 1 aromatic carbocycles. The number of nitrogens with one attached hydrogen (secondary N) is 2. The second-order valence-electron chi connectivity index (χ2n) is 6.65. The number of para-hydroxylation sites is 1. The molecule has 0 aliphatic carbocycles. The third-order valence-electron chi connectivity index (χ3n) is 3.55. The summed E-state index contributed by atoms with van der Waals surface area (Å²) in [4.78, 5) is 18.1. The summed E-state index contributed by atoms with van der Waals surface area (Å²) >= 11 is 0. The van der Waals surface area contributed by atoms with E-state index in [0.29, 0.717) is 19.6 Å². The van der Waals surface area contributed by atoms with Crippen molar-refractivity contribution in [2.24, 2.45) is 10.4 Å². The molecule has 1 rings (SSSR count). The summed E-state index contributed by atoms with van der Waals surface area (Å²) in [6.07, 6.45) is 0. The number of amides is 1. The second kappa shape index (κ2) is 9.15. The molecule has 6 heteroatoms. The number of nitrogens with zero attached hydrogens (tertiary/aromatic N) is 2. The Morgan fingerprint density at radius 2 is 1.83 bits per heavy atom. The van der Waals surface area contributed by atoms with Crippen LogP contribution >= 0.6 is 0 Å². The van der Waals surface area contributed by atoms with Gasteiger partial charge in [-0.15, -0.1) is 0 Å². The molecule has 24 heavy (non-hydrogen) atoms. The molecular formula is C18H30N4O2. The number of hydrogen-bond donors (Lipinski definition) is 2. The highest BCUT2D eigenvalue weighted by Crippen LogP contribution is 2.18. The fourth-order valence-corrected chi connectivity index (χ4v) is 2.16. The van der Waals surface area contributed by atoms with Gasteiger partial charge in [0.15, 0.2) is 5.96 Å². The van der Waals surface area contributed by atoms with E-state index in [2.05, 4.69) is 15.6 Å². The summed E-state index contributed by atoms with van der Waals surface area (Å²) in [6, 6.07) is 7.92. The topological polar surface area (TPSA) is 66.0 Å². The van der Waals surface area contributed by atoms with E-state index in [1.165, 1.54) is 0 Å². The molecule has 1 amide bonds.